The lowest BCUT2D eigenvalue weighted by atomic mass is 10.2. The molecule has 1 aliphatic rings. The van der Waals surface area contributed by atoms with E-state index in [9.17, 15) is 4.79 Å². The van der Waals surface area contributed by atoms with E-state index in [0.717, 1.165) is 31.7 Å². The van der Waals surface area contributed by atoms with Gasteiger partial charge in [0.2, 0.25) is 5.91 Å². The van der Waals surface area contributed by atoms with Crippen molar-refractivity contribution in [2.75, 3.05) is 51.8 Å². The number of nitrogens with one attached hydrogen (secondary N) is 1. The summed E-state index contributed by atoms with van der Waals surface area (Å²) in [4.78, 5) is 16.2. The van der Waals surface area contributed by atoms with Crippen LogP contribution in [-0.4, -0.2) is 74.0 Å². The molecule has 1 amide bonds. The van der Waals surface area contributed by atoms with Crippen LogP contribution in [0.2, 0.25) is 0 Å². The van der Waals surface area contributed by atoms with Gasteiger partial charge >= 0.3 is 0 Å². The van der Waals surface area contributed by atoms with Gasteiger partial charge in [-0.15, -0.1) is 5.10 Å². The molecule has 1 fully saturated rings. The number of aromatic nitrogens is 2. The summed E-state index contributed by atoms with van der Waals surface area (Å²) in [5, 5.41) is 11.0. The largest absolute Gasteiger partial charge is 0.383 e. The van der Waals surface area contributed by atoms with E-state index in [-0.39, 0.29) is 5.91 Å². The summed E-state index contributed by atoms with van der Waals surface area (Å²) in [6.07, 6.45) is 3.95. The van der Waals surface area contributed by atoms with Crippen LogP contribution in [0, 0.1) is 0 Å². The van der Waals surface area contributed by atoms with Gasteiger partial charge in [0, 0.05) is 39.0 Å². The average molecular weight is 307 g/mol. The summed E-state index contributed by atoms with van der Waals surface area (Å²) in [5.41, 5.74) is 0. The predicted octanol–water partition coefficient (Wildman–Crippen LogP) is 0.140. The van der Waals surface area contributed by atoms with Crippen LogP contribution in [0.3, 0.4) is 0 Å². The summed E-state index contributed by atoms with van der Waals surface area (Å²) >= 11 is 0. The van der Waals surface area contributed by atoms with E-state index in [1.807, 2.05) is 19.2 Å². The van der Waals surface area contributed by atoms with Gasteiger partial charge < -0.3 is 15.0 Å². The zero-order chi connectivity index (χ0) is 15.8. The van der Waals surface area contributed by atoms with E-state index in [1.54, 1.807) is 13.3 Å². The van der Waals surface area contributed by atoms with E-state index >= 15 is 0 Å². The van der Waals surface area contributed by atoms with Gasteiger partial charge in [-0.1, -0.05) is 0 Å². The molecule has 1 saturated heterocycles. The van der Waals surface area contributed by atoms with Crippen LogP contribution in [0.1, 0.15) is 12.8 Å². The van der Waals surface area contributed by atoms with Crippen molar-refractivity contribution in [1.82, 2.24) is 20.4 Å². The van der Waals surface area contributed by atoms with E-state index in [1.165, 1.54) is 0 Å². The Kier molecular flexibility index (Phi) is 6.54. The normalized spacial score (nSPS) is 18.0. The smallest absolute Gasteiger partial charge is 0.234 e. The topological polar surface area (TPSA) is 70.6 Å². The van der Waals surface area contributed by atoms with Crippen LogP contribution in [0.5, 0.6) is 0 Å². The first kappa shape index (κ1) is 16.6. The molecule has 0 aliphatic carbocycles. The number of hydrogen-bond donors (Lipinski definition) is 1. The lowest BCUT2D eigenvalue weighted by Gasteiger charge is -2.28. The molecule has 0 spiro atoms. The molecular weight excluding hydrogens is 282 g/mol. The van der Waals surface area contributed by atoms with E-state index in [4.69, 9.17) is 4.74 Å². The highest BCUT2D eigenvalue weighted by atomic mass is 16.5. The van der Waals surface area contributed by atoms with Crippen molar-refractivity contribution < 1.29 is 9.53 Å². The minimum absolute atomic E-state index is 0.0311. The van der Waals surface area contributed by atoms with Gasteiger partial charge in [0.15, 0.2) is 5.82 Å². The fourth-order valence-corrected chi connectivity index (χ4v) is 2.79. The maximum atomic E-state index is 11.8. The van der Waals surface area contributed by atoms with E-state index in [2.05, 4.69) is 25.3 Å². The third kappa shape index (κ3) is 4.92. The standard InChI is InChI=1S/C15H25N5O2/c1-19(12-15(21)16-8-10-22-2)11-13-5-4-9-20(13)14-6-3-7-17-18-14/h3,6-7,13H,4-5,8-12H2,1-2H3,(H,16,21). The van der Waals surface area contributed by atoms with Crippen molar-refractivity contribution in [3.8, 4) is 0 Å². The fraction of sp³-hybridized carbons (Fsp3) is 0.667. The Hall–Kier alpha value is -1.73. The Morgan fingerprint density at radius 1 is 1.59 bits per heavy atom. The second kappa shape index (κ2) is 8.65. The van der Waals surface area contributed by atoms with Crippen LogP contribution >= 0.6 is 0 Å². The van der Waals surface area contributed by atoms with Crippen molar-refractivity contribution in [1.29, 1.82) is 0 Å². The van der Waals surface area contributed by atoms with Crippen molar-refractivity contribution in [3.05, 3.63) is 18.3 Å². The summed E-state index contributed by atoms with van der Waals surface area (Å²) in [6, 6.07) is 4.28. The molecule has 1 N–H and O–H groups in total. The third-order valence-electron chi connectivity index (χ3n) is 3.79. The third-order valence-corrected chi connectivity index (χ3v) is 3.79. The summed E-state index contributed by atoms with van der Waals surface area (Å²) in [5.74, 6) is 0.951. The van der Waals surface area contributed by atoms with E-state index in [0.29, 0.717) is 25.7 Å². The van der Waals surface area contributed by atoms with Crippen molar-refractivity contribution in [2.45, 2.75) is 18.9 Å². The quantitative estimate of drug-likeness (QED) is 0.689. The molecular formula is C15H25N5O2. The summed E-state index contributed by atoms with van der Waals surface area (Å²) in [6.45, 7) is 3.33. The Balaban J connectivity index is 1.80. The molecule has 7 nitrogen and oxygen atoms in total. The molecule has 2 rings (SSSR count). The highest BCUT2D eigenvalue weighted by Crippen LogP contribution is 2.23. The molecule has 1 atom stereocenters. The number of anilines is 1. The minimum atomic E-state index is 0.0311. The lowest BCUT2D eigenvalue weighted by Crippen LogP contribution is -2.43. The second-order valence-electron chi connectivity index (χ2n) is 5.61. The molecule has 1 aromatic rings. The first-order chi connectivity index (χ1) is 10.7. The summed E-state index contributed by atoms with van der Waals surface area (Å²) in [7, 11) is 3.60. The molecule has 22 heavy (non-hydrogen) atoms. The first-order valence-corrected chi connectivity index (χ1v) is 7.69. The SMILES string of the molecule is COCCNC(=O)CN(C)CC1CCCN1c1cccnn1. The van der Waals surface area contributed by atoms with Gasteiger partial charge in [0.05, 0.1) is 13.2 Å². The van der Waals surface area contributed by atoms with Gasteiger partial charge in [0.25, 0.3) is 0 Å². The van der Waals surface area contributed by atoms with Crippen molar-refractivity contribution >= 4 is 11.7 Å². The monoisotopic (exact) mass is 307 g/mol. The van der Waals surface area contributed by atoms with Crippen LogP contribution < -0.4 is 10.2 Å². The molecule has 1 aromatic heterocycles. The summed E-state index contributed by atoms with van der Waals surface area (Å²) < 4.78 is 4.92. The molecule has 122 valence electrons. The Bertz CT molecular complexity index is 457. The molecule has 1 aliphatic heterocycles. The molecule has 0 bridgehead atoms. The zero-order valence-corrected chi connectivity index (χ0v) is 13.4. The Morgan fingerprint density at radius 2 is 2.45 bits per heavy atom. The predicted molar refractivity (Wildman–Crippen MR) is 84.8 cm³/mol. The minimum Gasteiger partial charge on any atom is -0.383 e. The number of ether oxygens (including phenoxy) is 1. The van der Waals surface area contributed by atoms with Gasteiger partial charge in [-0.25, -0.2) is 0 Å². The Labute approximate surface area is 131 Å². The zero-order valence-electron chi connectivity index (χ0n) is 13.4. The molecule has 0 saturated carbocycles. The lowest BCUT2D eigenvalue weighted by molar-refractivity contribution is -0.122. The highest BCUT2D eigenvalue weighted by Gasteiger charge is 2.27. The maximum absolute atomic E-state index is 11.8. The number of likely N-dealkylation sites (N-methyl/N-ethyl adjacent to an activating group) is 1. The molecule has 2 heterocycles. The maximum Gasteiger partial charge on any atom is 0.234 e. The van der Waals surface area contributed by atoms with E-state index < -0.39 is 0 Å². The van der Waals surface area contributed by atoms with Crippen LogP contribution in [0.4, 0.5) is 5.82 Å². The number of rotatable bonds is 8. The van der Waals surface area contributed by atoms with Gasteiger partial charge in [-0.2, -0.15) is 5.10 Å². The second-order valence-corrected chi connectivity index (χ2v) is 5.61. The number of amides is 1. The number of nitrogens with zero attached hydrogens (tertiary/aromatic N) is 4. The number of hydrogen-bond acceptors (Lipinski definition) is 6. The average Bonchev–Trinajstić information content (AvgIpc) is 2.96. The highest BCUT2D eigenvalue weighted by molar-refractivity contribution is 5.77. The molecule has 0 aromatic carbocycles. The van der Waals surface area contributed by atoms with Crippen LogP contribution in [0.25, 0.3) is 0 Å². The van der Waals surface area contributed by atoms with Gasteiger partial charge in [-0.3, -0.25) is 9.69 Å². The molecule has 0 radical (unpaired) electrons. The fourth-order valence-electron chi connectivity index (χ4n) is 2.79. The Morgan fingerprint density at radius 3 is 3.18 bits per heavy atom. The van der Waals surface area contributed by atoms with Crippen LogP contribution in [0.15, 0.2) is 18.3 Å². The number of carbonyl (C=O) groups excluding carboxylic acids is 1. The number of carbonyl (C=O) groups is 1. The van der Waals surface area contributed by atoms with Crippen molar-refractivity contribution in [3.63, 3.8) is 0 Å². The molecule has 7 heteroatoms. The van der Waals surface area contributed by atoms with Crippen LogP contribution in [-0.2, 0) is 9.53 Å². The van der Waals surface area contributed by atoms with Crippen molar-refractivity contribution in [2.24, 2.45) is 0 Å². The molecule has 1 unspecified atom stereocenters. The number of methoxy groups -OCH3 is 1. The van der Waals surface area contributed by atoms with Gasteiger partial charge in [0.1, 0.15) is 0 Å². The first-order valence-electron chi connectivity index (χ1n) is 7.69. The van der Waals surface area contributed by atoms with Gasteiger partial charge in [-0.05, 0) is 32.0 Å².